The lowest BCUT2D eigenvalue weighted by atomic mass is 10.2. The van der Waals surface area contributed by atoms with Gasteiger partial charge in [-0.1, -0.05) is 23.8 Å². The molecule has 0 N–H and O–H groups in total. The van der Waals surface area contributed by atoms with E-state index < -0.39 is 43.6 Å². The van der Waals surface area contributed by atoms with Crippen molar-refractivity contribution < 1.29 is 45.3 Å². The quantitative estimate of drug-likeness (QED) is 0.0939. The zero-order valence-corrected chi connectivity index (χ0v) is 34.1. The number of nitrogens with zero attached hydrogens (tertiary/aromatic N) is 1. The Morgan fingerprint density at radius 3 is 1.54 bits per heavy atom. The van der Waals surface area contributed by atoms with Crippen LogP contribution in [0.4, 0.5) is 0 Å². The third-order valence-corrected chi connectivity index (χ3v) is 12.8. The Hall–Kier alpha value is -5.37. The van der Waals surface area contributed by atoms with Crippen LogP contribution < -0.4 is 14.2 Å². The Kier molecular flexibility index (Phi) is 13.1. The van der Waals surface area contributed by atoms with Crippen LogP contribution in [0.25, 0.3) is 0 Å². The van der Waals surface area contributed by atoms with Gasteiger partial charge in [0, 0.05) is 27.1 Å². The van der Waals surface area contributed by atoms with Crippen LogP contribution >= 0.6 is 10.3 Å². The van der Waals surface area contributed by atoms with Crippen molar-refractivity contribution in [1.82, 2.24) is 4.98 Å². The van der Waals surface area contributed by atoms with Crippen molar-refractivity contribution in [2.45, 2.75) is 85.9 Å². The lowest BCUT2D eigenvalue weighted by Crippen LogP contribution is -2.27. The van der Waals surface area contributed by atoms with Crippen LogP contribution in [-0.4, -0.2) is 49.8 Å². The van der Waals surface area contributed by atoms with Crippen molar-refractivity contribution in [2.24, 2.45) is 0 Å². The lowest BCUT2D eigenvalue weighted by molar-refractivity contribution is -0.158. The fourth-order valence-corrected chi connectivity index (χ4v) is 10.5. The number of carbonyl (C=O) groups excluding carboxylic acids is 2. The zero-order chi connectivity index (χ0) is 40.6. The molecule has 11 nitrogen and oxygen atoms in total. The molecule has 0 amide bonds. The number of aromatic nitrogens is 1. The van der Waals surface area contributed by atoms with Crippen molar-refractivity contribution in [3.8, 4) is 17.2 Å². The smallest absolute Gasteiger partial charge is 0.344 e. The third kappa shape index (κ3) is 11.6. The number of carbonyl (C=O) groups is 2. The van der Waals surface area contributed by atoms with Crippen LogP contribution in [0.1, 0.15) is 52.7 Å². The summed E-state index contributed by atoms with van der Waals surface area (Å²) in [6.07, 6.45) is 3.35. The minimum absolute atomic E-state index is 0.0281. The van der Waals surface area contributed by atoms with Gasteiger partial charge < -0.3 is 23.7 Å². The first-order chi connectivity index (χ1) is 26.4. The highest BCUT2D eigenvalue weighted by Crippen LogP contribution is 2.70. The number of esters is 2. The number of aryl methyl sites for hydroxylation is 1. The molecule has 0 atom stereocenters. The fraction of sp³-hybridized carbons (Fsp3) is 0.279. The first-order valence-electron chi connectivity index (χ1n) is 17.8. The van der Waals surface area contributed by atoms with Gasteiger partial charge in [0.05, 0.1) is 4.90 Å². The molecule has 296 valence electrons. The Morgan fingerprint density at radius 2 is 1.05 bits per heavy atom. The number of rotatable bonds is 15. The van der Waals surface area contributed by atoms with E-state index in [-0.39, 0.29) is 24.7 Å². The van der Waals surface area contributed by atoms with E-state index >= 15 is 0 Å². The Bertz CT molecular complexity index is 2120. The maximum Gasteiger partial charge on any atom is 0.344 e. The third-order valence-electron chi connectivity index (χ3n) is 7.66. The van der Waals surface area contributed by atoms with Crippen LogP contribution in [0.3, 0.4) is 0 Å². The average Bonchev–Trinajstić information content (AvgIpc) is 3.14. The lowest BCUT2D eigenvalue weighted by Gasteiger charge is -2.39. The van der Waals surface area contributed by atoms with Crippen LogP contribution in [0.15, 0.2) is 141 Å². The summed E-state index contributed by atoms with van der Waals surface area (Å²) in [5.74, 6) is 0.115. The monoisotopic (exact) mass is 801 g/mol. The SMILES string of the molecule is Cc1ccc(S(=O)(=O)OS(c2ccc(OCC(=O)OC(C)(C)C)cc2)(c2ccc(OCC(=O)OC(C)(C)C)cc2)c2cccc(OCc3ccncc3)c2)cc1. The Morgan fingerprint density at radius 1 is 0.571 bits per heavy atom. The predicted octanol–water partition coefficient (Wildman–Crippen LogP) is 9.01. The van der Waals surface area contributed by atoms with Gasteiger partial charge in [-0.3, -0.25) is 4.98 Å². The molecular formula is C43H47NO10S2. The maximum atomic E-state index is 14.4. The zero-order valence-electron chi connectivity index (χ0n) is 32.5. The van der Waals surface area contributed by atoms with Crippen molar-refractivity contribution in [3.05, 3.63) is 133 Å². The van der Waals surface area contributed by atoms with E-state index in [1.165, 1.54) is 12.1 Å². The maximum absolute atomic E-state index is 14.4. The molecule has 0 radical (unpaired) electrons. The van der Waals surface area contributed by atoms with Crippen LogP contribution in [0.2, 0.25) is 0 Å². The number of ether oxygens (including phenoxy) is 5. The molecule has 13 heteroatoms. The molecule has 1 aromatic heterocycles. The van der Waals surface area contributed by atoms with Crippen molar-refractivity contribution in [1.29, 1.82) is 0 Å². The van der Waals surface area contributed by atoms with Crippen LogP contribution in [-0.2, 0) is 39.4 Å². The Labute approximate surface area is 330 Å². The van der Waals surface area contributed by atoms with Crippen LogP contribution in [0, 0.1) is 6.92 Å². The highest BCUT2D eigenvalue weighted by Gasteiger charge is 2.39. The molecule has 5 rings (SSSR count). The van der Waals surface area contributed by atoms with Crippen molar-refractivity contribution >= 4 is 32.4 Å². The van der Waals surface area contributed by atoms with E-state index in [2.05, 4.69) is 4.98 Å². The number of pyridine rings is 1. The first kappa shape index (κ1) is 41.8. The highest BCUT2D eigenvalue weighted by atomic mass is 32.3. The fourth-order valence-electron chi connectivity index (χ4n) is 5.27. The number of hydrogen-bond donors (Lipinski definition) is 0. The summed E-state index contributed by atoms with van der Waals surface area (Å²) in [5.41, 5.74) is 0.414. The van der Waals surface area contributed by atoms with Gasteiger partial charge in [0.15, 0.2) is 13.2 Å². The molecule has 5 aromatic rings. The molecule has 0 spiro atoms. The molecule has 0 fully saturated rings. The molecule has 0 unspecified atom stereocenters. The van der Waals surface area contributed by atoms with Gasteiger partial charge in [-0.15, -0.1) is 0 Å². The van der Waals surface area contributed by atoms with Crippen LogP contribution in [0.5, 0.6) is 17.2 Å². The van der Waals surface area contributed by atoms with E-state index in [0.717, 1.165) is 11.1 Å². The summed E-state index contributed by atoms with van der Waals surface area (Å²) in [5, 5.41) is 0. The summed E-state index contributed by atoms with van der Waals surface area (Å²) in [4.78, 5) is 30.3. The second-order valence-corrected chi connectivity index (χ2v) is 19.2. The normalized spacial score (nSPS) is 12.3. The second kappa shape index (κ2) is 17.6. The predicted molar refractivity (Wildman–Crippen MR) is 212 cm³/mol. The van der Waals surface area contributed by atoms with Crippen molar-refractivity contribution in [3.63, 3.8) is 0 Å². The van der Waals surface area contributed by atoms with E-state index in [1.807, 2.05) is 19.1 Å². The molecule has 0 saturated carbocycles. The molecule has 0 aliphatic rings. The van der Waals surface area contributed by atoms with E-state index in [1.54, 1.807) is 139 Å². The molecule has 0 bridgehead atoms. The molecule has 0 saturated heterocycles. The minimum atomic E-state index is -4.44. The van der Waals surface area contributed by atoms with E-state index in [9.17, 15) is 18.0 Å². The summed E-state index contributed by atoms with van der Waals surface area (Å²) < 4.78 is 63.8. The largest absolute Gasteiger partial charge is 0.489 e. The number of benzene rings is 4. The molecule has 56 heavy (non-hydrogen) atoms. The molecule has 0 aliphatic carbocycles. The topological polar surface area (TPSA) is 137 Å². The summed E-state index contributed by atoms with van der Waals surface area (Å²) in [6, 6.07) is 30.6. The Balaban J connectivity index is 1.61. The van der Waals surface area contributed by atoms with Gasteiger partial charge >= 0.3 is 22.1 Å². The molecular weight excluding hydrogens is 755 g/mol. The molecule has 4 aromatic carbocycles. The summed E-state index contributed by atoms with van der Waals surface area (Å²) >= 11 is 0. The van der Waals surface area contributed by atoms with Gasteiger partial charge in [-0.05, 0) is 155 Å². The van der Waals surface area contributed by atoms with E-state index in [4.69, 9.17) is 27.3 Å². The summed E-state index contributed by atoms with van der Waals surface area (Å²) in [6.45, 7) is 12.1. The first-order valence-corrected chi connectivity index (χ1v) is 20.8. The van der Waals surface area contributed by atoms with E-state index in [0.29, 0.717) is 31.9 Å². The number of hydrogen-bond acceptors (Lipinski definition) is 11. The van der Waals surface area contributed by atoms with Gasteiger partial charge in [0.25, 0.3) is 0 Å². The van der Waals surface area contributed by atoms with Gasteiger partial charge in [-0.2, -0.15) is 8.42 Å². The minimum Gasteiger partial charge on any atom is -0.489 e. The second-order valence-electron chi connectivity index (χ2n) is 14.7. The summed E-state index contributed by atoms with van der Waals surface area (Å²) in [7, 11) is -7.61. The van der Waals surface area contributed by atoms with Crippen molar-refractivity contribution in [2.75, 3.05) is 13.2 Å². The highest BCUT2D eigenvalue weighted by molar-refractivity contribution is 8.33. The van der Waals surface area contributed by atoms with Gasteiger partial charge in [0.1, 0.15) is 35.1 Å². The molecule has 1 heterocycles. The average molecular weight is 802 g/mol. The standard InChI is InChI=1S/C43H47NO10S2/c1-31-11-17-38(18-12-31)56(47,48)54-55(36-19-13-33(14-20-36)50-29-40(45)52-42(2,3)4,37-21-15-34(16-22-37)51-30-41(46)53-43(5,6)7)39-10-8-9-35(27-39)49-28-32-23-25-44-26-24-32/h8-27H,28-30H2,1-7H3. The van der Waals surface area contributed by atoms with Gasteiger partial charge in [0.2, 0.25) is 0 Å². The molecule has 0 aliphatic heterocycles. The van der Waals surface area contributed by atoms with Gasteiger partial charge in [-0.25, -0.2) is 13.2 Å².